The minimum Gasteiger partial charge on any atom is -0.444 e. The van der Waals surface area contributed by atoms with Crippen molar-refractivity contribution < 1.29 is 14.3 Å². The topological polar surface area (TPSA) is 55.4 Å². The highest BCUT2D eigenvalue weighted by Crippen LogP contribution is 2.15. The predicted octanol–water partition coefficient (Wildman–Crippen LogP) is 2.05. The van der Waals surface area contributed by atoms with Crippen LogP contribution in [-0.4, -0.2) is 23.5 Å². The molecule has 0 spiro atoms. The van der Waals surface area contributed by atoms with E-state index in [1.54, 1.807) is 0 Å². The Morgan fingerprint density at radius 1 is 1.47 bits per heavy atom. The number of ether oxygens (including phenoxy) is 1. The zero-order valence-electron chi connectivity index (χ0n) is 9.33. The summed E-state index contributed by atoms with van der Waals surface area (Å²) in [5, 5.41) is 2.68. The number of Topliss-reactive ketones (excluding diaryl/α,β-unsaturated/α-hetero) is 1. The molecule has 0 aromatic carbocycles. The van der Waals surface area contributed by atoms with E-state index in [2.05, 4.69) is 5.32 Å². The lowest BCUT2D eigenvalue weighted by molar-refractivity contribution is -0.117. The van der Waals surface area contributed by atoms with Crippen molar-refractivity contribution in [2.75, 3.05) is 0 Å². The molecule has 0 heterocycles. The molecule has 0 saturated heterocycles. The van der Waals surface area contributed by atoms with Gasteiger partial charge in [-0.15, -0.1) is 12.4 Å². The Hall–Kier alpha value is -0.770. The molecule has 88 valence electrons. The van der Waals surface area contributed by atoms with Crippen molar-refractivity contribution in [2.24, 2.45) is 0 Å². The van der Waals surface area contributed by atoms with Gasteiger partial charge in [-0.05, 0) is 27.2 Å². The van der Waals surface area contributed by atoms with E-state index in [0.717, 1.165) is 6.42 Å². The fraction of sp³-hybridized carbons (Fsp3) is 0.800. The van der Waals surface area contributed by atoms with Crippen molar-refractivity contribution >= 4 is 24.3 Å². The molecule has 0 aromatic heterocycles. The van der Waals surface area contributed by atoms with Gasteiger partial charge in [0.1, 0.15) is 11.4 Å². The number of carbonyl (C=O) groups is 2. The van der Waals surface area contributed by atoms with E-state index in [0.29, 0.717) is 12.8 Å². The van der Waals surface area contributed by atoms with Crippen LogP contribution in [0.15, 0.2) is 0 Å². The monoisotopic (exact) mass is 235 g/mol. The number of alkyl carbamates (subject to hydrolysis) is 1. The van der Waals surface area contributed by atoms with Gasteiger partial charge in [-0.2, -0.15) is 0 Å². The molecule has 1 aliphatic carbocycles. The van der Waals surface area contributed by atoms with Crippen LogP contribution in [0.3, 0.4) is 0 Å². The number of halogens is 1. The average Bonchev–Trinajstić information content (AvgIpc) is 2.30. The van der Waals surface area contributed by atoms with Crippen molar-refractivity contribution in [3.05, 3.63) is 0 Å². The second kappa shape index (κ2) is 5.35. The van der Waals surface area contributed by atoms with Crippen molar-refractivity contribution in [3.8, 4) is 0 Å². The molecule has 0 radical (unpaired) electrons. The fourth-order valence-corrected chi connectivity index (χ4v) is 1.41. The Kier molecular flexibility index (Phi) is 5.08. The lowest BCUT2D eigenvalue weighted by atomic mass is 10.2. The van der Waals surface area contributed by atoms with Crippen LogP contribution in [0.4, 0.5) is 4.79 Å². The van der Waals surface area contributed by atoms with Crippen LogP contribution in [0.2, 0.25) is 0 Å². The van der Waals surface area contributed by atoms with E-state index in [1.807, 2.05) is 20.8 Å². The fourth-order valence-electron chi connectivity index (χ4n) is 1.41. The first-order valence-electron chi connectivity index (χ1n) is 4.88. The Morgan fingerprint density at radius 2 is 2.07 bits per heavy atom. The molecule has 0 aliphatic heterocycles. The molecule has 1 fully saturated rings. The summed E-state index contributed by atoms with van der Waals surface area (Å²) in [5.41, 5.74) is -0.479. The van der Waals surface area contributed by atoms with Crippen molar-refractivity contribution in [1.29, 1.82) is 0 Å². The Morgan fingerprint density at radius 3 is 2.47 bits per heavy atom. The number of nitrogens with one attached hydrogen (secondary N) is 1. The van der Waals surface area contributed by atoms with Crippen LogP contribution < -0.4 is 5.32 Å². The van der Waals surface area contributed by atoms with E-state index in [4.69, 9.17) is 4.74 Å². The molecule has 1 amide bonds. The quantitative estimate of drug-likeness (QED) is 0.757. The summed E-state index contributed by atoms with van der Waals surface area (Å²) in [5.74, 6) is 0.214. The molecule has 0 aromatic rings. The van der Waals surface area contributed by atoms with Crippen LogP contribution in [0.5, 0.6) is 0 Å². The maximum atomic E-state index is 11.3. The van der Waals surface area contributed by atoms with Gasteiger partial charge < -0.3 is 10.1 Å². The molecule has 1 N–H and O–H groups in total. The van der Waals surface area contributed by atoms with E-state index in [9.17, 15) is 9.59 Å². The highest BCUT2D eigenvalue weighted by atomic mass is 35.5. The van der Waals surface area contributed by atoms with E-state index < -0.39 is 11.7 Å². The average molecular weight is 236 g/mol. The Bertz CT molecular complexity index is 248. The Balaban J connectivity index is 0.00000196. The standard InChI is InChI=1S/C10H17NO3.ClH/c1-10(2,3)14-9(13)11-7-4-5-8(12)6-7;/h7H,4-6H2,1-3H3,(H,11,13);1H. The zero-order chi connectivity index (χ0) is 10.8. The molecule has 1 atom stereocenters. The van der Waals surface area contributed by atoms with Gasteiger partial charge in [-0.25, -0.2) is 4.79 Å². The summed E-state index contributed by atoms with van der Waals surface area (Å²) in [4.78, 5) is 22.2. The lowest BCUT2D eigenvalue weighted by Crippen LogP contribution is -2.37. The molecule has 5 heteroatoms. The van der Waals surface area contributed by atoms with Gasteiger partial charge in [0.2, 0.25) is 0 Å². The summed E-state index contributed by atoms with van der Waals surface area (Å²) >= 11 is 0. The Labute approximate surface area is 96.2 Å². The summed E-state index contributed by atoms with van der Waals surface area (Å²) in [7, 11) is 0. The number of rotatable bonds is 1. The number of ketones is 1. The van der Waals surface area contributed by atoms with Crippen LogP contribution in [0, 0.1) is 0 Å². The molecule has 1 saturated carbocycles. The third-order valence-electron chi connectivity index (χ3n) is 1.97. The molecule has 15 heavy (non-hydrogen) atoms. The third-order valence-corrected chi connectivity index (χ3v) is 1.97. The second-order valence-electron chi connectivity index (χ2n) is 4.62. The van der Waals surface area contributed by atoms with Crippen molar-refractivity contribution in [3.63, 3.8) is 0 Å². The van der Waals surface area contributed by atoms with Gasteiger partial charge in [-0.1, -0.05) is 0 Å². The second-order valence-corrected chi connectivity index (χ2v) is 4.62. The van der Waals surface area contributed by atoms with Gasteiger partial charge in [0, 0.05) is 18.9 Å². The van der Waals surface area contributed by atoms with Gasteiger partial charge >= 0.3 is 6.09 Å². The van der Waals surface area contributed by atoms with Crippen molar-refractivity contribution in [1.82, 2.24) is 5.32 Å². The summed E-state index contributed by atoms with van der Waals surface area (Å²) in [6, 6.07) is -0.0302. The lowest BCUT2D eigenvalue weighted by Gasteiger charge is -2.21. The smallest absolute Gasteiger partial charge is 0.407 e. The summed E-state index contributed by atoms with van der Waals surface area (Å²) in [6.07, 6.45) is 1.31. The number of hydrogen-bond donors (Lipinski definition) is 1. The third kappa shape index (κ3) is 5.62. The SMILES string of the molecule is CC(C)(C)OC(=O)NC1CCC(=O)C1.Cl. The van der Waals surface area contributed by atoms with Gasteiger partial charge in [0.15, 0.2) is 0 Å². The summed E-state index contributed by atoms with van der Waals surface area (Å²) in [6.45, 7) is 5.44. The largest absolute Gasteiger partial charge is 0.444 e. The molecule has 0 bridgehead atoms. The van der Waals surface area contributed by atoms with E-state index >= 15 is 0 Å². The van der Waals surface area contributed by atoms with Gasteiger partial charge in [-0.3, -0.25) is 4.79 Å². The highest BCUT2D eigenvalue weighted by Gasteiger charge is 2.25. The van der Waals surface area contributed by atoms with E-state index in [1.165, 1.54) is 0 Å². The van der Waals surface area contributed by atoms with Crippen molar-refractivity contribution in [2.45, 2.75) is 51.7 Å². The van der Waals surface area contributed by atoms with Gasteiger partial charge in [0.05, 0.1) is 0 Å². The summed E-state index contributed by atoms with van der Waals surface area (Å²) < 4.78 is 5.07. The highest BCUT2D eigenvalue weighted by molar-refractivity contribution is 5.85. The number of amides is 1. The first-order valence-corrected chi connectivity index (χ1v) is 4.88. The molecule has 1 unspecified atom stereocenters. The normalized spacial score (nSPS) is 20.7. The van der Waals surface area contributed by atoms with Crippen LogP contribution >= 0.6 is 12.4 Å². The number of hydrogen-bond acceptors (Lipinski definition) is 3. The van der Waals surface area contributed by atoms with E-state index in [-0.39, 0.29) is 24.2 Å². The zero-order valence-corrected chi connectivity index (χ0v) is 10.1. The first-order chi connectivity index (χ1) is 6.37. The first kappa shape index (κ1) is 14.2. The maximum absolute atomic E-state index is 11.3. The molecule has 1 aliphatic rings. The maximum Gasteiger partial charge on any atom is 0.407 e. The minimum atomic E-state index is -0.479. The predicted molar refractivity (Wildman–Crippen MR) is 59.3 cm³/mol. The van der Waals surface area contributed by atoms with Crippen LogP contribution in [0.1, 0.15) is 40.0 Å². The minimum absolute atomic E-state index is 0. The molecule has 1 rings (SSSR count). The van der Waals surface area contributed by atoms with Crippen LogP contribution in [0.25, 0.3) is 0 Å². The molecular weight excluding hydrogens is 218 g/mol. The van der Waals surface area contributed by atoms with Gasteiger partial charge in [0.25, 0.3) is 0 Å². The molecule has 4 nitrogen and oxygen atoms in total. The van der Waals surface area contributed by atoms with Crippen LogP contribution in [-0.2, 0) is 9.53 Å². The number of carbonyl (C=O) groups excluding carboxylic acids is 2. The molecular formula is C10H18ClNO3.